The molecule has 16 atom stereocenters. The Morgan fingerprint density at radius 1 is 0.921 bits per heavy atom. The lowest BCUT2D eigenvalue weighted by atomic mass is 9.46. The molecule has 10 aliphatic rings. The van der Waals surface area contributed by atoms with Gasteiger partial charge in [0.25, 0.3) is 6.47 Å². The van der Waals surface area contributed by atoms with Crippen LogP contribution in [-0.4, -0.2) is 94.8 Å². The number of epoxide rings is 3. The van der Waals surface area contributed by atoms with E-state index in [1.165, 1.54) is 24.0 Å². The fourth-order valence-corrected chi connectivity index (χ4v) is 15.0. The molecule has 63 heavy (non-hydrogen) atoms. The molecule has 3 saturated heterocycles. The first kappa shape index (κ1) is 43.8. The molecule has 11 heteroatoms. The van der Waals surface area contributed by atoms with Gasteiger partial charge in [-0.25, -0.2) is 0 Å². The molecule has 0 aromatic carbocycles. The third-order valence-corrected chi connectivity index (χ3v) is 18.8. The molecule has 11 nitrogen and oxygen atoms in total. The van der Waals surface area contributed by atoms with E-state index in [0.717, 1.165) is 56.1 Å². The number of esters is 2. The summed E-state index contributed by atoms with van der Waals surface area (Å²) in [5.74, 6) is 1.01. The van der Waals surface area contributed by atoms with Crippen LogP contribution in [0.3, 0.4) is 0 Å². The molecule has 0 radical (unpaired) electrons. The average Bonchev–Trinajstić information content (AvgIpc) is 4.05. The van der Waals surface area contributed by atoms with Gasteiger partial charge in [0.05, 0.1) is 31.2 Å². The number of allylic oxidation sites excluding steroid dienone is 5. The Morgan fingerprint density at radius 2 is 1.68 bits per heavy atom. The number of carbonyl (C=O) groups is 3. The lowest BCUT2D eigenvalue weighted by molar-refractivity contribution is -0.171. The standard InChI is InChI=1S/C52H70O11/c1-28(2)50-45(62-50)46-52(63-46)49(7)22-20-29(3)36(26-58-27-53)39(49)25-42-51(52,61-42)47(50)60-44(57)19-18-43(56)59-35-23-34(31(5)41(55)24-35)14-11-32-9-8-21-48(6)37(15-16-38(32)48)30(4)10-17-40(54)33-12-13-33/h10-11,14,17,27-28,30,33,35,37-42,45-47,54-55H,5,8-9,12-13,15-16,18-26H2,1-4,6-7H3/b17-10+,32-11+,34-14-/t30-,35+,37?,38?,39-,40+,41-,42-,45-,46-,47+,48+,49-,50-,51+,52+/m0/s1. The van der Waals surface area contributed by atoms with E-state index in [0.29, 0.717) is 48.6 Å². The van der Waals surface area contributed by atoms with Crippen LogP contribution in [-0.2, 0) is 42.8 Å². The predicted molar refractivity (Wildman–Crippen MR) is 233 cm³/mol. The van der Waals surface area contributed by atoms with Crippen molar-refractivity contribution in [1.82, 2.24) is 0 Å². The van der Waals surface area contributed by atoms with E-state index in [9.17, 15) is 24.6 Å². The van der Waals surface area contributed by atoms with Crippen LogP contribution in [0.2, 0.25) is 0 Å². The van der Waals surface area contributed by atoms with Gasteiger partial charge in [0.15, 0.2) is 11.7 Å². The van der Waals surface area contributed by atoms with Gasteiger partial charge < -0.3 is 38.6 Å². The van der Waals surface area contributed by atoms with Gasteiger partial charge in [-0.05, 0) is 129 Å². The van der Waals surface area contributed by atoms with E-state index in [1.807, 2.05) is 6.08 Å². The van der Waals surface area contributed by atoms with Crippen LogP contribution in [0.15, 0.2) is 58.7 Å². The number of aliphatic hydroxyl groups is 2. The molecule has 0 bridgehead atoms. The first-order chi connectivity index (χ1) is 30.1. The van der Waals surface area contributed by atoms with Gasteiger partial charge in [-0.2, -0.15) is 0 Å². The summed E-state index contributed by atoms with van der Waals surface area (Å²) in [6.45, 7) is 18.3. The van der Waals surface area contributed by atoms with Crippen LogP contribution in [0.25, 0.3) is 0 Å². The van der Waals surface area contributed by atoms with Crippen LogP contribution in [0, 0.1) is 46.3 Å². The highest BCUT2D eigenvalue weighted by atomic mass is 16.8. The van der Waals surface area contributed by atoms with Crippen LogP contribution < -0.4 is 0 Å². The number of carbonyl (C=O) groups excluding carboxylic acids is 3. The number of ether oxygens (including phenoxy) is 6. The summed E-state index contributed by atoms with van der Waals surface area (Å²) >= 11 is 0. The van der Waals surface area contributed by atoms with Crippen molar-refractivity contribution in [1.29, 1.82) is 0 Å². The van der Waals surface area contributed by atoms with Crippen LogP contribution >= 0.6 is 0 Å². The van der Waals surface area contributed by atoms with Crippen LogP contribution in [0.4, 0.5) is 0 Å². The molecule has 2 spiro atoms. The monoisotopic (exact) mass is 870 g/mol. The van der Waals surface area contributed by atoms with Gasteiger partial charge in [-0.1, -0.05) is 76.6 Å². The second kappa shape index (κ2) is 15.5. The summed E-state index contributed by atoms with van der Waals surface area (Å²) in [4.78, 5) is 38.5. The zero-order valence-corrected chi connectivity index (χ0v) is 38.3. The second-order valence-electron chi connectivity index (χ2n) is 22.2. The van der Waals surface area contributed by atoms with E-state index < -0.39 is 47.1 Å². The summed E-state index contributed by atoms with van der Waals surface area (Å²) in [5, 5.41) is 21.5. The van der Waals surface area contributed by atoms with Crippen molar-refractivity contribution < 1.29 is 53.0 Å². The maximum Gasteiger partial charge on any atom is 0.306 e. The lowest BCUT2D eigenvalue weighted by Gasteiger charge is -2.54. The van der Waals surface area contributed by atoms with E-state index in [2.05, 4.69) is 66.3 Å². The molecule has 0 aromatic heterocycles. The number of fused-ring (bicyclic) bond motifs is 4. The Balaban J connectivity index is 0.781. The molecule has 9 fully saturated rings. The Labute approximate surface area is 373 Å². The fraction of sp³-hybridized carbons (Fsp3) is 0.750. The minimum absolute atomic E-state index is 0.0219. The summed E-state index contributed by atoms with van der Waals surface area (Å²) in [6, 6.07) is 0. The number of rotatable bonds is 14. The van der Waals surface area contributed by atoms with Crippen molar-refractivity contribution in [3.8, 4) is 0 Å². The molecule has 6 saturated carbocycles. The molecule has 2 N–H and O–H groups in total. The Bertz CT molecular complexity index is 2050. The number of hydrogen-bond donors (Lipinski definition) is 2. The quantitative estimate of drug-likeness (QED) is 0.0579. The van der Waals surface area contributed by atoms with Gasteiger partial charge in [-0.15, -0.1) is 0 Å². The van der Waals surface area contributed by atoms with Crippen molar-refractivity contribution in [2.45, 2.75) is 191 Å². The molecule has 0 aromatic rings. The first-order valence-electron chi connectivity index (χ1n) is 24.3. The van der Waals surface area contributed by atoms with Gasteiger partial charge in [0, 0.05) is 18.3 Å². The molecule has 10 rings (SSSR count). The van der Waals surface area contributed by atoms with Crippen molar-refractivity contribution in [2.75, 3.05) is 6.61 Å². The van der Waals surface area contributed by atoms with Crippen LogP contribution in [0.1, 0.15) is 131 Å². The molecule has 3 heterocycles. The molecule has 0 amide bonds. The first-order valence-corrected chi connectivity index (χ1v) is 24.3. The van der Waals surface area contributed by atoms with Gasteiger partial charge in [0.1, 0.15) is 36.1 Å². The Kier molecular flexibility index (Phi) is 10.8. The van der Waals surface area contributed by atoms with Gasteiger partial charge in [0.2, 0.25) is 0 Å². The summed E-state index contributed by atoms with van der Waals surface area (Å²) < 4.78 is 37.9. The SMILES string of the molecule is C=C1/C(=C\C=C2/CCC[C@@]3(C)C2CCC3[C@@H](C)/C=C/[C@@H](O)C2CC2)C[C@@H](OC(=O)CCC(=O)O[C@@H]2[C@@]3(C(C)C)O[C@H]3[C@@H]3O[C@]34[C@]23O[C@H]3C[C@H]2C(COC=O)=C(C)CC[C@@]24C)C[C@@H]1O. The lowest BCUT2D eigenvalue weighted by Crippen LogP contribution is -2.70. The van der Waals surface area contributed by atoms with E-state index in [1.54, 1.807) is 0 Å². The Hall–Kier alpha value is -3.09. The van der Waals surface area contributed by atoms with Crippen molar-refractivity contribution in [2.24, 2.45) is 46.3 Å². The number of hydrogen-bond acceptors (Lipinski definition) is 11. The average molecular weight is 871 g/mol. The van der Waals surface area contributed by atoms with Crippen molar-refractivity contribution >= 4 is 18.4 Å². The highest BCUT2D eigenvalue weighted by Crippen LogP contribution is 2.83. The minimum atomic E-state index is -0.859. The number of aliphatic hydroxyl groups excluding tert-OH is 2. The van der Waals surface area contributed by atoms with Crippen molar-refractivity contribution in [3.63, 3.8) is 0 Å². The Morgan fingerprint density at radius 3 is 2.41 bits per heavy atom. The largest absolute Gasteiger partial charge is 0.463 e. The normalized spacial score (nSPS) is 46.6. The zero-order valence-electron chi connectivity index (χ0n) is 38.3. The van der Waals surface area contributed by atoms with E-state index in [4.69, 9.17) is 28.4 Å². The predicted octanol–water partition coefficient (Wildman–Crippen LogP) is 7.73. The third-order valence-electron chi connectivity index (χ3n) is 18.8. The fourth-order valence-electron chi connectivity index (χ4n) is 15.0. The highest BCUT2D eigenvalue weighted by molar-refractivity contribution is 5.78. The van der Waals surface area contributed by atoms with Gasteiger partial charge >= 0.3 is 11.9 Å². The van der Waals surface area contributed by atoms with Crippen molar-refractivity contribution in [3.05, 3.63) is 58.7 Å². The topological polar surface area (TPSA) is 157 Å². The molecule has 7 aliphatic carbocycles. The van der Waals surface area contributed by atoms with E-state index >= 15 is 0 Å². The summed E-state index contributed by atoms with van der Waals surface area (Å²) in [6.07, 6.45) is 16.5. The summed E-state index contributed by atoms with van der Waals surface area (Å²) in [5.41, 5.74) is 2.93. The maximum atomic E-state index is 13.9. The molecule has 2 unspecified atom stereocenters. The molecule has 344 valence electrons. The zero-order chi connectivity index (χ0) is 44.4. The second-order valence-corrected chi connectivity index (χ2v) is 22.2. The molecular formula is C52H70O11. The maximum absolute atomic E-state index is 13.9. The molecular weight excluding hydrogens is 801 g/mol. The minimum Gasteiger partial charge on any atom is -0.463 e. The van der Waals surface area contributed by atoms with E-state index in [-0.39, 0.29) is 73.0 Å². The van der Waals surface area contributed by atoms with Crippen LogP contribution in [0.5, 0.6) is 0 Å². The smallest absolute Gasteiger partial charge is 0.306 e. The van der Waals surface area contributed by atoms with Gasteiger partial charge in [-0.3, -0.25) is 14.4 Å². The molecule has 3 aliphatic heterocycles. The highest BCUT2D eigenvalue weighted by Gasteiger charge is 3.01. The summed E-state index contributed by atoms with van der Waals surface area (Å²) in [7, 11) is 0. The third kappa shape index (κ3) is 6.61.